The van der Waals surface area contributed by atoms with E-state index in [0.717, 1.165) is 18.5 Å². The van der Waals surface area contributed by atoms with Crippen molar-refractivity contribution >= 4 is 17.5 Å². The Morgan fingerprint density at radius 3 is 2.79 bits per heavy atom. The van der Waals surface area contributed by atoms with E-state index in [9.17, 15) is 9.59 Å². The molecule has 0 aromatic carbocycles. The lowest BCUT2D eigenvalue weighted by molar-refractivity contribution is -0.144. The van der Waals surface area contributed by atoms with Gasteiger partial charge in [0.15, 0.2) is 0 Å². The molecule has 2 aliphatic heterocycles. The van der Waals surface area contributed by atoms with Crippen LogP contribution in [0.25, 0.3) is 0 Å². The molecule has 2 fully saturated rings. The van der Waals surface area contributed by atoms with Gasteiger partial charge in [0.05, 0.1) is 11.9 Å². The zero-order valence-electron chi connectivity index (χ0n) is 11.2. The second kappa shape index (κ2) is 4.36. The summed E-state index contributed by atoms with van der Waals surface area (Å²) in [4.78, 5) is 28.5. The number of nitrogens with zero attached hydrogens (tertiary/aromatic N) is 4. The highest BCUT2D eigenvalue weighted by atomic mass is 16.2. The fraction of sp³-hybridized carbons (Fsp3) is 0.615. The minimum absolute atomic E-state index is 0.0388. The van der Waals surface area contributed by atoms with E-state index in [1.165, 1.54) is 0 Å². The maximum Gasteiger partial charge on any atom is 0.250 e. The Morgan fingerprint density at radius 2 is 2.16 bits per heavy atom. The van der Waals surface area contributed by atoms with Crippen LogP contribution in [0.4, 0.5) is 5.69 Å². The van der Waals surface area contributed by atoms with Crippen LogP contribution >= 0.6 is 0 Å². The standard InChI is InChI=1S/C13H18N4O2/c1-3-10-12(18)16-6-4-5-11(16)13(19)17(10)9-7-14-15(2)8-9/h7-8,10-11H,3-6H2,1-2H3. The fourth-order valence-electron chi connectivity index (χ4n) is 3.10. The van der Waals surface area contributed by atoms with Crippen LogP contribution in [0.1, 0.15) is 26.2 Å². The minimum Gasteiger partial charge on any atom is -0.329 e. The number of aromatic nitrogens is 2. The number of piperazine rings is 1. The Hall–Kier alpha value is -1.85. The largest absolute Gasteiger partial charge is 0.329 e. The lowest BCUT2D eigenvalue weighted by Gasteiger charge is -2.41. The Labute approximate surface area is 112 Å². The van der Waals surface area contributed by atoms with Crippen LogP contribution < -0.4 is 4.90 Å². The Morgan fingerprint density at radius 1 is 1.37 bits per heavy atom. The third kappa shape index (κ3) is 1.74. The van der Waals surface area contributed by atoms with Crippen molar-refractivity contribution in [2.75, 3.05) is 11.4 Å². The van der Waals surface area contributed by atoms with Gasteiger partial charge >= 0.3 is 0 Å². The molecule has 19 heavy (non-hydrogen) atoms. The van der Waals surface area contributed by atoms with E-state index in [-0.39, 0.29) is 23.9 Å². The van der Waals surface area contributed by atoms with E-state index < -0.39 is 0 Å². The summed E-state index contributed by atoms with van der Waals surface area (Å²) in [6.45, 7) is 2.65. The second-order valence-corrected chi connectivity index (χ2v) is 5.19. The molecule has 0 saturated carbocycles. The summed E-state index contributed by atoms with van der Waals surface area (Å²) in [5.41, 5.74) is 0.722. The molecular weight excluding hydrogens is 244 g/mol. The molecule has 2 unspecified atom stereocenters. The molecule has 102 valence electrons. The molecule has 2 saturated heterocycles. The van der Waals surface area contributed by atoms with Crippen molar-refractivity contribution < 1.29 is 9.59 Å². The van der Waals surface area contributed by atoms with E-state index >= 15 is 0 Å². The molecule has 1 aromatic heterocycles. The van der Waals surface area contributed by atoms with Gasteiger partial charge in [0, 0.05) is 19.8 Å². The molecule has 0 radical (unpaired) electrons. The zero-order chi connectivity index (χ0) is 13.6. The smallest absolute Gasteiger partial charge is 0.250 e. The maximum atomic E-state index is 12.6. The first-order valence-electron chi connectivity index (χ1n) is 6.75. The van der Waals surface area contributed by atoms with E-state index in [4.69, 9.17) is 0 Å². The molecule has 1 aromatic rings. The molecule has 3 heterocycles. The van der Waals surface area contributed by atoms with Crippen molar-refractivity contribution in [3.8, 4) is 0 Å². The summed E-state index contributed by atoms with van der Waals surface area (Å²) in [7, 11) is 1.81. The average molecular weight is 262 g/mol. The molecule has 6 nitrogen and oxygen atoms in total. The first-order valence-corrected chi connectivity index (χ1v) is 6.75. The predicted molar refractivity (Wildman–Crippen MR) is 69.5 cm³/mol. The lowest BCUT2D eigenvalue weighted by atomic mass is 10.0. The van der Waals surface area contributed by atoms with Gasteiger partial charge in [-0.3, -0.25) is 19.2 Å². The van der Waals surface area contributed by atoms with Gasteiger partial charge in [-0.2, -0.15) is 5.10 Å². The molecule has 0 N–H and O–H groups in total. The van der Waals surface area contributed by atoms with E-state index in [2.05, 4.69) is 5.10 Å². The molecule has 2 aliphatic rings. The number of rotatable bonds is 2. The summed E-state index contributed by atoms with van der Waals surface area (Å²) in [5, 5.41) is 4.10. The van der Waals surface area contributed by atoms with Crippen LogP contribution in [-0.2, 0) is 16.6 Å². The molecule has 6 heteroatoms. The first kappa shape index (κ1) is 12.2. The van der Waals surface area contributed by atoms with Crippen LogP contribution in [0.2, 0.25) is 0 Å². The van der Waals surface area contributed by atoms with Crippen molar-refractivity contribution in [2.45, 2.75) is 38.3 Å². The van der Waals surface area contributed by atoms with Crippen molar-refractivity contribution in [3.63, 3.8) is 0 Å². The predicted octanol–water partition coefficient (Wildman–Crippen LogP) is 0.536. The van der Waals surface area contributed by atoms with E-state index in [1.54, 1.807) is 26.9 Å². The lowest BCUT2D eigenvalue weighted by Crippen LogP contribution is -2.62. The zero-order valence-corrected chi connectivity index (χ0v) is 11.2. The topological polar surface area (TPSA) is 58.4 Å². The number of aryl methyl sites for hydroxylation is 1. The summed E-state index contributed by atoms with van der Waals surface area (Å²) >= 11 is 0. The Bertz CT molecular complexity index is 524. The Kier molecular flexibility index (Phi) is 2.80. The normalized spacial score (nSPS) is 27.1. The quantitative estimate of drug-likeness (QED) is 0.781. The summed E-state index contributed by atoms with van der Waals surface area (Å²) in [6, 6.07) is -0.651. The van der Waals surface area contributed by atoms with Crippen LogP contribution in [0.15, 0.2) is 12.4 Å². The van der Waals surface area contributed by atoms with Crippen LogP contribution in [0, 0.1) is 0 Å². The van der Waals surface area contributed by atoms with Crippen molar-refractivity contribution in [3.05, 3.63) is 12.4 Å². The van der Waals surface area contributed by atoms with Crippen LogP contribution in [0.3, 0.4) is 0 Å². The van der Waals surface area contributed by atoms with Crippen LogP contribution in [0.5, 0.6) is 0 Å². The van der Waals surface area contributed by atoms with Gasteiger partial charge in [0.1, 0.15) is 12.1 Å². The van der Waals surface area contributed by atoms with E-state index in [0.29, 0.717) is 13.0 Å². The highest BCUT2D eigenvalue weighted by Gasteiger charge is 2.47. The van der Waals surface area contributed by atoms with Gasteiger partial charge in [-0.15, -0.1) is 0 Å². The van der Waals surface area contributed by atoms with Crippen LogP contribution in [-0.4, -0.2) is 45.1 Å². The number of carbonyl (C=O) groups is 2. The fourth-order valence-corrected chi connectivity index (χ4v) is 3.10. The second-order valence-electron chi connectivity index (χ2n) is 5.19. The molecular formula is C13H18N4O2. The number of amides is 2. The third-order valence-electron chi connectivity index (χ3n) is 4.01. The summed E-state index contributed by atoms with van der Waals surface area (Å²) in [6.07, 6.45) is 5.76. The highest BCUT2D eigenvalue weighted by Crippen LogP contribution is 2.31. The van der Waals surface area contributed by atoms with Gasteiger partial charge in [-0.25, -0.2) is 0 Å². The SMILES string of the molecule is CCC1C(=O)N2CCCC2C(=O)N1c1cnn(C)c1. The van der Waals surface area contributed by atoms with Crippen molar-refractivity contribution in [2.24, 2.45) is 7.05 Å². The van der Waals surface area contributed by atoms with Crippen molar-refractivity contribution in [1.82, 2.24) is 14.7 Å². The maximum absolute atomic E-state index is 12.6. The number of carbonyl (C=O) groups excluding carboxylic acids is 2. The minimum atomic E-state index is -0.383. The van der Waals surface area contributed by atoms with Gasteiger partial charge in [-0.1, -0.05) is 6.92 Å². The number of fused-ring (bicyclic) bond motifs is 1. The molecule has 0 aliphatic carbocycles. The Balaban J connectivity index is 2.00. The number of hydrogen-bond donors (Lipinski definition) is 0. The molecule has 2 amide bonds. The van der Waals surface area contributed by atoms with Gasteiger partial charge in [0.25, 0.3) is 5.91 Å². The molecule has 2 atom stereocenters. The highest BCUT2D eigenvalue weighted by molar-refractivity contribution is 6.08. The molecule has 3 rings (SSSR count). The summed E-state index contributed by atoms with van der Waals surface area (Å²) in [5.74, 6) is 0.116. The number of anilines is 1. The van der Waals surface area contributed by atoms with Crippen molar-refractivity contribution in [1.29, 1.82) is 0 Å². The van der Waals surface area contributed by atoms with Gasteiger partial charge < -0.3 is 4.90 Å². The average Bonchev–Trinajstić information content (AvgIpc) is 3.02. The van der Waals surface area contributed by atoms with Gasteiger partial charge in [0.2, 0.25) is 5.91 Å². The number of hydrogen-bond acceptors (Lipinski definition) is 3. The first-order chi connectivity index (χ1) is 9.13. The molecule has 0 spiro atoms. The monoisotopic (exact) mass is 262 g/mol. The third-order valence-corrected chi connectivity index (χ3v) is 4.01. The van der Waals surface area contributed by atoms with E-state index in [1.807, 2.05) is 14.0 Å². The van der Waals surface area contributed by atoms with Gasteiger partial charge in [-0.05, 0) is 19.3 Å². The molecule has 0 bridgehead atoms. The summed E-state index contributed by atoms with van der Waals surface area (Å²) < 4.78 is 1.65.